The van der Waals surface area contributed by atoms with Crippen LogP contribution in [-0.4, -0.2) is 25.4 Å². The van der Waals surface area contributed by atoms with E-state index in [0.717, 1.165) is 42.4 Å². The summed E-state index contributed by atoms with van der Waals surface area (Å²) >= 11 is 0. The van der Waals surface area contributed by atoms with Crippen molar-refractivity contribution in [1.29, 1.82) is 0 Å². The highest BCUT2D eigenvalue weighted by Crippen LogP contribution is 2.61. The molecule has 1 saturated carbocycles. The zero-order valence-corrected chi connectivity index (χ0v) is 15.0. The SMILES string of the molecule is COc1ccc(-c2ccc3c(c2)CCC2(CC2)C3NC(=O)O)cc1OC. The van der Waals surface area contributed by atoms with Crippen molar-refractivity contribution in [3.05, 3.63) is 47.5 Å². The van der Waals surface area contributed by atoms with Crippen LogP contribution in [0.25, 0.3) is 11.1 Å². The van der Waals surface area contributed by atoms with E-state index < -0.39 is 6.09 Å². The molecule has 2 aliphatic rings. The standard InChI is InChI=1S/C21H23NO4/c1-25-17-6-4-14(12-18(17)26-2)13-3-5-16-15(11-13)7-8-21(9-10-21)19(16)22-20(23)24/h3-6,11-12,19,22H,7-10H2,1-2H3,(H,23,24). The fraction of sp³-hybridized carbons (Fsp3) is 0.381. The average molecular weight is 353 g/mol. The van der Waals surface area contributed by atoms with Gasteiger partial charge in [0.2, 0.25) is 0 Å². The zero-order chi connectivity index (χ0) is 18.3. The molecule has 2 aromatic rings. The van der Waals surface area contributed by atoms with Crippen molar-refractivity contribution in [2.75, 3.05) is 14.2 Å². The molecule has 1 unspecified atom stereocenters. The lowest BCUT2D eigenvalue weighted by Gasteiger charge is -2.34. The maximum atomic E-state index is 11.3. The highest BCUT2D eigenvalue weighted by molar-refractivity contribution is 5.70. The number of hydrogen-bond donors (Lipinski definition) is 2. The van der Waals surface area contributed by atoms with Gasteiger partial charge in [0.25, 0.3) is 0 Å². The maximum Gasteiger partial charge on any atom is 0.405 e. The molecule has 0 aliphatic heterocycles. The Labute approximate surface area is 152 Å². The van der Waals surface area contributed by atoms with E-state index in [1.54, 1.807) is 14.2 Å². The van der Waals surface area contributed by atoms with Crippen molar-refractivity contribution in [3.8, 4) is 22.6 Å². The first kappa shape index (κ1) is 16.8. The van der Waals surface area contributed by atoms with Crippen LogP contribution in [0.2, 0.25) is 0 Å². The summed E-state index contributed by atoms with van der Waals surface area (Å²) in [5, 5.41) is 12.0. The van der Waals surface area contributed by atoms with Gasteiger partial charge in [0, 0.05) is 0 Å². The van der Waals surface area contributed by atoms with Crippen molar-refractivity contribution < 1.29 is 19.4 Å². The summed E-state index contributed by atoms with van der Waals surface area (Å²) in [6, 6.07) is 12.1. The molecule has 5 nitrogen and oxygen atoms in total. The predicted octanol–water partition coefficient (Wildman–Crippen LogP) is 4.41. The lowest BCUT2D eigenvalue weighted by Crippen LogP contribution is -2.36. The molecule has 5 heteroatoms. The Morgan fingerprint density at radius 3 is 2.38 bits per heavy atom. The molecule has 0 aromatic heterocycles. The Kier molecular flexibility index (Phi) is 4.02. The van der Waals surface area contributed by atoms with Crippen LogP contribution in [0.3, 0.4) is 0 Å². The average Bonchev–Trinajstić information content (AvgIpc) is 3.43. The molecule has 26 heavy (non-hydrogen) atoms. The molecule has 2 N–H and O–H groups in total. The summed E-state index contributed by atoms with van der Waals surface area (Å²) in [7, 11) is 3.26. The van der Waals surface area contributed by atoms with Crippen LogP contribution < -0.4 is 14.8 Å². The number of amides is 1. The van der Waals surface area contributed by atoms with Gasteiger partial charge in [-0.3, -0.25) is 0 Å². The third-order valence-electron chi connectivity index (χ3n) is 5.84. The number of carboxylic acid groups (broad SMARTS) is 1. The minimum Gasteiger partial charge on any atom is -0.493 e. The number of aryl methyl sites for hydroxylation is 1. The Hall–Kier alpha value is -2.69. The number of fused-ring (bicyclic) bond motifs is 1. The number of rotatable bonds is 4. The molecule has 1 fully saturated rings. The molecule has 2 aromatic carbocycles. The first-order chi connectivity index (χ1) is 12.6. The van der Waals surface area contributed by atoms with E-state index in [2.05, 4.69) is 23.5 Å². The van der Waals surface area contributed by atoms with Crippen molar-refractivity contribution in [2.24, 2.45) is 5.41 Å². The normalized spacial score (nSPS) is 19.5. The summed E-state index contributed by atoms with van der Waals surface area (Å²) in [6.07, 6.45) is 3.30. The molecule has 0 heterocycles. The summed E-state index contributed by atoms with van der Waals surface area (Å²) in [4.78, 5) is 11.3. The number of carbonyl (C=O) groups is 1. The van der Waals surface area contributed by atoms with Gasteiger partial charge in [-0.15, -0.1) is 0 Å². The summed E-state index contributed by atoms with van der Waals surface area (Å²) in [5.74, 6) is 1.40. The van der Waals surface area contributed by atoms with Crippen LogP contribution in [0.4, 0.5) is 4.79 Å². The minimum atomic E-state index is -0.946. The monoisotopic (exact) mass is 353 g/mol. The van der Waals surface area contributed by atoms with E-state index in [0.29, 0.717) is 11.5 Å². The number of ether oxygens (including phenoxy) is 2. The Morgan fingerprint density at radius 1 is 1.04 bits per heavy atom. The van der Waals surface area contributed by atoms with E-state index >= 15 is 0 Å². The van der Waals surface area contributed by atoms with Crippen molar-refractivity contribution >= 4 is 6.09 Å². The molecule has 2 aliphatic carbocycles. The molecule has 4 rings (SSSR count). The van der Waals surface area contributed by atoms with Crippen LogP contribution in [-0.2, 0) is 6.42 Å². The number of nitrogens with one attached hydrogen (secondary N) is 1. The second-order valence-corrected chi connectivity index (χ2v) is 7.23. The molecule has 1 amide bonds. The predicted molar refractivity (Wildman–Crippen MR) is 98.9 cm³/mol. The highest BCUT2D eigenvalue weighted by atomic mass is 16.5. The van der Waals surface area contributed by atoms with Crippen molar-refractivity contribution in [3.63, 3.8) is 0 Å². The minimum absolute atomic E-state index is 0.0943. The number of methoxy groups -OCH3 is 2. The van der Waals surface area contributed by atoms with Crippen molar-refractivity contribution in [1.82, 2.24) is 5.32 Å². The fourth-order valence-corrected chi connectivity index (χ4v) is 4.21. The van der Waals surface area contributed by atoms with E-state index in [1.807, 2.05) is 18.2 Å². The van der Waals surface area contributed by atoms with Crippen LogP contribution in [0.1, 0.15) is 36.4 Å². The molecule has 136 valence electrons. The van der Waals surface area contributed by atoms with E-state index in [-0.39, 0.29) is 11.5 Å². The Balaban J connectivity index is 1.71. The lowest BCUT2D eigenvalue weighted by atomic mass is 9.76. The number of hydrogen-bond acceptors (Lipinski definition) is 3. The summed E-state index contributed by atoms with van der Waals surface area (Å²) in [5.41, 5.74) is 4.65. The second kappa shape index (κ2) is 6.24. The van der Waals surface area contributed by atoms with Gasteiger partial charge >= 0.3 is 6.09 Å². The molecule has 1 atom stereocenters. The first-order valence-corrected chi connectivity index (χ1v) is 8.91. The topological polar surface area (TPSA) is 67.8 Å². The van der Waals surface area contributed by atoms with Gasteiger partial charge in [0.1, 0.15) is 0 Å². The quantitative estimate of drug-likeness (QED) is 0.854. The van der Waals surface area contributed by atoms with Crippen LogP contribution in [0.15, 0.2) is 36.4 Å². The lowest BCUT2D eigenvalue weighted by molar-refractivity contribution is 0.178. The third-order valence-corrected chi connectivity index (χ3v) is 5.84. The van der Waals surface area contributed by atoms with Crippen LogP contribution in [0.5, 0.6) is 11.5 Å². The highest BCUT2D eigenvalue weighted by Gasteiger charge is 2.52. The van der Waals surface area contributed by atoms with Gasteiger partial charge in [-0.25, -0.2) is 4.79 Å². The zero-order valence-electron chi connectivity index (χ0n) is 15.0. The van der Waals surface area contributed by atoms with Crippen LogP contribution in [0, 0.1) is 5.41 Å². The van der Waals surface area contributed by atoms with Gasteiger partial charge < -0.3 is 19.9 Å². The van der Waals surface area contributed by atoms with Crippen molar-refractivity contribution in [2.45, 2.75) is 31.7 Å². The maximum absolute atomic E-state index is 11.3. The largest absolute Gasteiger partial charge is 0.493 e. The second-order valence-electron chi connectivity index (χ2n) is 7.23. The molecular formula is C21H23NO4. The Morgan fingerprint density at radius 2 is 1.73 bits per heavy atom. The number of benzene rings is 2. The summed E-state index contributed by atoms with van der Waals surface area (Å²) < 4.78 is 10.7. The Bertz CT molecular complexity index is 857. The van der Waals surface area contributed by atoms with Gasteiger partial charge in [-0.05, 0) is 65.5 Å². The van der Waals surface area contributed by atoms with E-state index in [4.69, 9.17) is 9.47 Å². The molecule has 1 spiro atoms. The van der Waals surface area contributed by atoms with E-state index in [9.17, 15) is 9.90 Å². The fourth-order valence-electron chi connectivity index (χ4n) is 4.21. The molecule has 0 bridgehead atoms. The van der Waals surface area contributed by atoms with Gasteiger partial charge in [0.15, 0.2) is 11.5 Å². The molecule has 0 saturated heterocycles. The smallest absolute Gasteiger partial charge is 0.405 e. The third kappa shape index (κ3) is 2.77. The molecule has 0 radical (unpaired) electrons. The van der Waals surface area contributed by atoms with Crippen LogP contribution >= 0.6 is 0 Å². The van der Waals surface area contributed by atoms with Gasteiger partial charge in [-0.1, -0.05) is 24.3 Å². The summed E-state index contributed by atoms with van der Waals surface area (Å²) in [6.45, 7) is 0. The molecular weight excluding hydrogens is 330 g/mol. The van der Waals surface area contributed by atoms with Gasteiger partial charge in [0.05, 0.1) is 20.3 Å². The van der Waals surface area contributed by atoms with E-state index in [1.165, 1.54) is 5.56 Å². The van der Waals surface area contributed by atoms with Gasteiger partial charge in [-0.2, -0.15) is 0 Å². The first-order valence-electron chi connectivity index (χ1n) is 8.91.